The molecule has 1 rings (SSSR count). The predicted molar refractivity (Wildman–Crippen MR) is 53.6 cm³/mol. The van der Waals surface area contributed by atoms with Crippen LogP contribution in [-0.4, -0.2) is 8.76 Å². The Morgan fingerprint density at radius 1 is 1.58 bits per heavy atom. The molecular weight excluding hydrogens is 263 g/mol. The molecule has 0 aliphatic carbocycles. The van der Waals surface area contributed by atoms with Gasteiger partial charge < -0.3 is 4.55 Å². The number of hydrogen-bond acceptors (Lipinski definition) is 1. The van der Waals surface area contributed by atoms with Crippen LogP contribution in [0.15, 0.2) is 22.7 Å². The van der Waals surface area contributed by atoms with Crippen molar-refractivity contribution in [3.63, 3.8) is 0 Å². The van der Waals surface area contributed by atoms with Gasteiger partial charge in [0.2, 0.25) is 0 Å². The highest BCUT2D eigenvalue weighted by Crippen LogP contribution is 2.26. The molecule has 0 amide bonds. The molecule has 1 aromatic carbocycles. The van der Waals surface area contributed by atoms with Gasteiger partial charge in [0.25, 0.3) is 0 Å². The van der Waals surface area contributed by atoms with Gasteiger partial charge in [0.15, 0.2) is 11.1 Å². The van der Waals surface area contributed by atoms with Gasteiger partial charge in [0, 0.05) is 4.47 Å². The highest BCUT2D eigenvalue weighted by atomic mass is 79.9. The van der Waals surface area contributed by atoms with Crippen LogP contribution < -0.4 is 0 Å². The van der Waals surface area contributed by atoms with Gasteiger partial charge in [0.1, 0.15) is 0 Å². The fourth-order valence-electron chi connectivity index (χ4n) is 0.793. The molecule has 1 atom stereocenters. The van der Waals surface area contributed by atoms with Crippen molar-refractivity contribution in [3.05, 3.63) is 33.3 Å². The molecule has 0 aliphatic rings. The van der Waals surface area contributed by atoms with Gasteiger partial charge in [-0.05, 0) is 27.6 Å². The zero-order valence-corrected chi connectivity index (χ0v) is 9.12. The van der Waals surface area contributed by atoms with E-state index in [9.17, 15) is 4.21 Å². The van der Waals surface area contributed by atoms with E-state index in [-0.39, 0.29) is 5.75 Å². The first-order chi connectivity index (χ1) is 5.61. The molecule has 2 nitrogen and oxygen atoms in total. The Bertz CT molecular complexity index is 316. The van der Waals surface area contributed by atoms with E-state index in [1.807, 2.05) is 0 Å². The summed E-state index contributed by atoms with van der Waals surface area (Å²) < 4.78 is 19.8. The van der Waals surface area contributed by atoms with Crippen molar-refractivity contribution in [1.29, 1.82) is 0 Å². The first-order valence-electron chi connectivity index (χ1n) is 3.11. The molecule has 0 saturated heterocycles. The van der Waals surface area contributed by atoms with E-state index < -0.39 is 11.1 Å². The summed E-state index contributed by atoms with van der Waals surface area (Å²) in [5.41, 5.74) is 0.673. The fourth-order valence-corrected chi connectivity index (χ4v) is 1.98. The van der Waals surface area contributed by atoms with Gasteiger partial charge in [0.05, 0.1) is 10.8 Å². The molecule has 0 spiro atoms. The van der Waals surface area contributed by atoms with Crippen molar-refractivity contribution in [3.8, 4) is 0 Å². The molecule has 1 unspecified atom stereocenters. The van der Waals surface area contributed by atoms with Crippen molar-refractivity contribution in [2.45, 2.75) is 5.75 Å². The Balaban J connectivity index is 3.00. The average Bonchev–Trinajstić information content (AvgIpc) is 1.98. The molecule has 1 N–H and O–H groups in total. The first kappa shape index (κ1) is 10.2. The second kappa shape index (κ2) is 4.37. The van der Waals surface area contributed by atoms with Crippen LogP contribution in [0.25, 0.3) is 0 Å². The lowest BCUT2D eigenvalue weighted by atomic mass is 10.2. The third-order valence-corrected chi connectivity index (χ3v) is 3.20. The van der Waals surface area contributed by atoms with Crippen LogP contribution in [-0.2, 0) is 16.8 Å². The van der Waals surface area contributed by atoms with Crippen LogP contribution in [0.5, 0.6) is 0 Å². The fraction of sp³-hybridized carbons (Fsp3) is 0.143. The third-order valence-electron chi connectivity index (χ3n) is 1.31. The standard InChI is InChI=1S/C7H6BrClO2S/c8-6-3-1-2-5(7(6)9)4-12(10)11/h1-3H,4H2,(H,10,11). The summed E-state index contributed by atoms with van der Waals surface area (Å²) in [5.74, 6) is 0.0677. The second-order valence-electron chi connectivity index (χ2n) is 2.18. The molecule has 0 aliphatic heterocycles. The highest BCUT2D eigenvalue weighted by Gasteiger charge is 2.05. The monoisotopic (exact) mass is 268 g/mol. The van der Waals surface area contributed by atoms with Crippen LogP contribution in [0.1, 0.15) is 5.56 Å². The molecular formula is C7H6BrClO2S. The van der Waals surface area contributed by atoms with Crippen molar-refractivity contribution in [1.82, 2.24) is 0 Å². The van der Waals surface area contributed by atoms with Gasteiger partial charge >= 0.3 is 0 Å². The number of benzene rings is 1. The summed E-state index contributed by atoms with van der Waals surface area (Å²) in [4.78, 5) is 0. The minimum atomic E-state index is -1.84. The normalized spacial score (nSPS) is 12.9. The summed E-state index contributed by atoms with van der Waals surface area (Å²) in [7, 11) is 0. The van der Waals surface area contributed by atoms with Gasteiger partial charge in [-0.15, -0.1) is 0 Å². The summed E-state index contributed by atoms with van der Waals surface area (Å²) in [6.07, 6.45) is 0. The number of hydrogen-bond donors (Lipinski definition) is 1. The van der Waals surface area contributed by atoms with E-state index in [1.54, 1.807) is 18.2 Å². The molecule has 66 valence electrons. The van der Waals surface area contributed by atoms with Crippen molar-refractivity contribution >= 4 is 38.6 Å². The maximum Gasteiger partial charge on any atom is 0.157 e. The largest absolute Gasteiger partial charge is 0.306 e. The zero-order chi connectivity index (χ0) is 9.14. The Morgan fingerprint density at radius 3 is 2.83 bits per heavy atom. The maximum atomic E-state index is 10.5. The quantitative estimate of drug-likeness (QED) is 0.838. The lowest BCUT2D eigenvalue weighted by Crippen LogP contribution is -1.93. The molecule has 0 bridgehead atoms. The molecule has 0 radical (unpaired) electrons. The number of halogens is 2. The topological polar surface area (TPSA) is 37.3 Å². The van der Waals surface area contributed by atoms with Gasteiger partial charge in [-0.1, -0.05) is 23.7 Å². The van der Waals surface area contributed by atoms with E-state index in [2.05, 4.69) is 15.9 Å². The lowest BCUT2D eigenvalue weighted by molar-refractivity contribution is 0.563. The summed E-state index contributed by atoms with van der Waals surface area (Å²) in [6, 6.07) is 5.28. The highest BCUT2D eigenvalue weighted by molar-refractivity contribution is 9.10. The Labute approximate surface area is 86.3 Å². The molecule has 0 aromatic heterocycles. The minimum Gasteiger partial charge on any atom is -0.306 e. The third kappa shape index (κ3) is 2.55. The van der Waals surface area contributed by atoms with Crippen LogP contribution in [0, 0.1) is 0 Å². The molecule has 0 fully saturated rings. The second-order valence-corrected chi connectivity index (χ2v) is 4.34. The predicted octanol–water partition coefficient (Wildman–Crippen LogP) is 2.82. The Morgan fingerprint density at radius 2 is 2.25 bits per heavy atom. The van der Waals surface area contributed by atoms with E-state index in [1.165, 1.54) is 0 Å². The van der Waals surface area contributed by atoms with E-state index in [4.69, 9.17) is 16.2 Å². The van der Waals surface area contributed by atoms with E-state index >= 15 is 0 Å². The summed E-state index contributed by atoms with van der Waals surface area (Å²) in [5, 5.41) is 0.500. The molecule has 0 heterocycles. The van der Waals surface area contributed by atoms with E-state index in [0.717, 1.165) is 4.47 Å². The number of rotatable bonds is 2. The van der Waals surface area contributed by atoms with Crippen LogP contribution in [0.2, 0.25) is 5.02 Å². The molecule has 1 aromatic rings. The van der Waals surface area contributed by atoms with Crippen molar-refractivity contribution in [2.75, 3.05) is 0 Å². The van der Waals surface area contributed by atoms with Crippen molar-refractivity contribution in [2.24, 2.45) is 0 Å². The average molecular weight is 270 g/mol. The molecule has 0 saturated carbocycles. The summed E-state index contributed by atoms with van der Waals surface area (Å²) >= 11 is 7.23. The van der Waals surface area contributed by atoms with Gasteiger partial charge in [-0.3, -0.25) is 0 Å². The maximum absolute atomic E-state index is 10.5. The Kier molecular flexibility index (Phi) is 3.71. The zero-order valence-electron chi connectivity index (χ0n) is 5.96. The lowest BCUT2D eigenvalue weighted by Gasteiger charge is -2.01. The van der Waals surface area contributed by atoms with E-state index in [0.29, 0.717) is 10.6 Å². The molecule has 12 heavy (non-hydrogen) atoms. The smallest absolute Gasteiger partial charge is 0.157 e. The minimum absolute atomic E-state index is 0.0677. The van der Waals surface area contributed by atoms with Gasteiger partial charge in [-0.2, -0.15) is 0 Å². The SMILES string of the molecule is O=S(O)Cc1cccc(Br)c1Cl. The Hall–Kier alpha value is 0.1000. The van der Waals surface area contributed by atoms with Crippen LogP contribution >= 0.6 is 27.5 Å². The van der Waals surface area contributed by atoms with Crippen LogP contribution in [0.4, 0.5) is 0 Å². The van der Waals surface area contributed by atoms with Crippen molar-refractivity contribution < 1.29 is 8.76 Å². The first-order valence-corrected chi connectivity index (χ1v) is 5.56. The van der Waals surface area contributed by atoms with Gasteiger partial charge in [-0.25, -0.2) is 4.21 Å². The van der Waals surface area contributed by atoms with Crippen LogP contribution in [0.3, 0.4) is 0 Å². The molecule has 5 heteroatoms. The summed E-state index contributed by atoms with van der Waals surface area (Å²) in [6.45, 7) is 0.